The predicted octanol–water partition coefficient (Wildman–Crippen LogP) is 3.75. The fourth-order valence-corrected chi connectivity index (χ4v) is 5.74. The van der Waals surface area contributed by atoms with Gasteiger partial charge in [0.15, 0.2) is 5.79 Å². The van der Waals surface area contributed by atoms with Crippen molar-refractivity contribution in [3.63, 3.8) is 0 Å². The van der Waals surface area contributed by atoms with Crippen molar-refractivity contribution in [1.82, 2.24) is 14.5 Å². The molecule has 0 radical (unpaired) electrons. The molecule has 0 bridgehead atoms. The number of hydrogen-bond acceptors (Lipinski definition) is 6. The number of anilines is 1. The summed E-state index contributed by atoms with van der Waals surface area (Å²) in [7, 11) is 0. The van der Waals surface area contributed by atoms with Gasteiger partial charge in [0.25, 0.3) is 0 Å². The van der Waals surface area contributed by atoms with Gasteiger partial charge in [-0.05, 0) is 37.6 Å². The van der Waals surface area contributed by atoms with Crippen LogP contribution >= 0.6 is 23.2 Å². The van der Waals surface area contributed by atoms with Crippen molar-refractivity contribution in [3.8, 4) is 11.8 Å². The number of halogens is 2. The standard InChI is InChI=1S/C23H20Cl2N4O3/c1-22(2)31-17-16(29-8-6-12-20(26)27-10-28-21(12)29)13-5-7-23(13,19(17)32-22)18(30)11-3-4-14(24)15(25)9-11/h3-4,6,8-10,13,16-19,30H,1-2H3,(H2,26,27,28)/t13-,16-,17+,18?,19+,23-/m1/s1. The molecule has 1 saturated carbocycles. The molecule has 3 N–H and O–H groups in total. The summed E-state index contributed by atoms with van der Waals surface area (Å²) in [5.74, 6) is 5.89. The number of aliphatic hydroxyl groups excluding tert-OH is 1. The van der Waals surface area contributed by atoms with Crippen LogP contribution in [0, 0.1) is 23.2 Å². The highest BCUT2D eigenvalue weighted by Crippen LogP contribution is 2.64. The van der Waals surface area contributed by atoms with Gasteiger partial charge in [0.1, 0.15) is 35.4 Å². The third-order valence-electron chi connectivity index (χ3n) is 6.81. The number of hydrogen-bond donors (Lipinski definition) is 2. The lowest BCUT2D eigenvalue weighted by molar-refractivity contribution is -0.179. The van der Waals surface area contributed by atoms with E-state index in [2.05, 4.69) is 21.8 Å². The van der Waals surface area contributed by atoms with Gasteiger partial charge in [0.2, 0.25) is 0 Å². The van der Waals surface area contributed by atoms with E-state index < -0.39 is 23.4 Å². The first-order valence-corrected chi connectivity index (χ1v) is 11.1. The Kier molecular flexibility index (Phi) is 4.18. The van der Waals surface area contributed by atoms with Crippen LogP contribution in [0.2, 0.25) is 10.0 Å². The Hall–Kier alpha value is -2.34. The Morgan fingerprint density at radius 1 is 1.19 bits per heavy atom. The highest BCUT2D eigenvalue weighted by atomic mass is 35.5. The third kappa shape index (κ3) is 2.56. The van der Waals surface area contributed by atoms with Crippen molar-refractivity contribution in [3.05, 3.63) is 52.4 Å². The average Bonchev–Trinajstić information content (AvgIpc) is 3.33. The van der Waals surface area contributed by atoms with Gasteiger partial charge in [-0.25, -0.2) is 9.97 Å². The maximum atomic E-state index is 11.6. The van der Waals surface area contributed by atoms with E-state index in [0.717, 1.165) is 5.39 Å². The van der Waals surface area contributed by atoms with Crippen LogP contribution in [0.3, 0.4) is 0 Å². The van der Waals surface area contributed by atoms with Crippen molar-refractivity contribution in [2.75, 3.05) is 5.73 Å². The first-order valence-electron chi connectivity index (χ1n) is 10.3. The molecule has 1 aliphatic heterocycles. The van der Waals surface area contributed by atoms with Gasteiger partial charge in [-0.2, -0.15) is 0 Å². The summed E-state index contributed by atoms with van der Waals surface area (Å²) < 4.78 is 14.7. The van der Waals surface area contributed by atoms with Crippen LogP contribution in [0.5, 0.6) is 0 Å². The number of nitrogens with zero attached hydrogens (tertiary/aromatic N) is 3. The molecule has 164 valence electrons. The average molecular weight is 471 g/mol. The van der Waals surface area contributed by atoms with E-state index >= 15 is 0 Å². The zero-order valence-corrected chi connectivity index (χ0v) is 18.8. The summed E-state index contributed by atoms with van der Waals surface area (Å²) in [4.78, 5) is 8.55. The van der Waals surface area contributed by atoms with Crippen LogP contribution in [-0.2, 0) is 9.47 Å². The highest BCUT2D eigenvalue weighted by molar-refractivity contribution is 6.42. The maximum Gasteiger partial charge on any atom is 0.163 e. The first kappa shape index (κ1) is 20.3. The van der Waals surface area contributed by atoms with Crippen molar-refractivity contribution in [2.24, 2.45) is 11.3 Å². The Balaban J connectivity index is 1.50. The lowest BCUT2D eigenvalue weighted by atomic mass is 9.64. The second-order valence-corrected chi connectivity index (χ2v) is 9.80. The van der Waals surface area contributed by atoms with Gasteiger partial charge >= 0.3 is 0 Å². The lowest BCUT2D eigenvalue weighted by Gasteiger charge is -2.43. The molecular formula is C23H20Cl2N4O3. The maximum absolute atomic E-state index is 11.6. The zero-order valence-electron chi connectivity index (χ0n) is 17.3. The number of ether oxygens (including phenoxy) is 2. The van der Waals surface area contributed by atoms with E-state index in [1.165, 1.54) is 6.33 Å². The summed E-state index contributed by atoms with van der Waals surface area (Å²) in [6.45, 7) is 3.74. The van der Waals surface area contributed by atoms with Crippen LogP contribution in [0.1, 0.15) is 31.6 Å². The number of nitrogens with two attached hydrogens (primary N) is 1. The van der Waals surface area contributed by atoms with Crippen LogP contribution in [0.4, 0.5) is 5.82 Å². The summed E-state index contributed by atoms with van der Waals surface area (Å²) >= 11 is 12.3. The molecular weight excluding hydrogens is 451 g/mol. The molecule has 2 aliphatic carbocycles. The first-order chi connectivity index (χ1) is 15.2. The molecule has 1 aromatic carbocycles. The van der Waals surface area contributed by atoms with Crippen molar-refractivity contribution in [1.29, 1.82) is 0 Å². The molecule has 2 fully saturated rings. The Morgan fingerprint density at radius 3 is 2.72 bits per heavy atom. The van der Waals surface area contributed by atoms with E-state index in [1.807, 2.05) is 30.7 Å². The number of nitrogen functional groups attached to an aromatic ring is 1. The monoisotopic (exact) mass is 470 g/mol. The van der Waals surface area contributed by atoms with E-state index in [4.69, 9.17) is 38.4 Å². The van der Waals surface area contributed by atoms with Gasteiger partial charge in [0, 0.05) is 6.20 Å². The molecule has 3 heterocycles. The zero-order chi connectivity index (χ0) is 22.4. The number of benzene rings is 1. The SMILES string of the molecule is CC1(C)O[C@H]2[C@H](n3ccc4c(N)ncnc43)[C@H]3C#C[C@@]3(C(O)c3ccc(Cl)c(Cl)c3)[C@H]2O1. The molecule has 3 aliphatic rings. The Labute approximate surface area is 194 Å². The molecule has 0 spiro atoms. The van der Waals surface area contributed by atoms with Crippen molar-refractivity contribution >= 4 is 40.1 Å². The molecule has 3 aromatic rings. The summed E-state index contributed by atoms with van der Waals surface area (Å²) in [6.07, 6.45) is 1.62. The van der Waals surface area contributed by atoms with Gasteiger partial charge in [-0.15, -0.1) is 0 Å². The van der Waals surface area contributed by atoms with Gasteiger partial charge in [0.05, 0.1) is 33.5 Å². The number of rotatable bonds is 3. The molecule has 6 atom stereocenters. The molecule has 2 aromatic heterocycles. The summed E-state index contributed by atoms with van der Waals surface area (Å²) in [6, 6.07) is 6.80. The second kappa shape index (κ2) is 6.60. The number of aromatic nitrogens is 3. The third-order valence-corrected chi connectivity index (χ3v) is 7.55. The second-order valence-electron chi connectivity index (χ2n) is 8.99. The number of fused-ring (bicyclic) bond motifs is 4. The molecule has 9 heteroatoms. The molecule has 7 nitrogen and oxygen atoms in total. The van der Waals surface area contributed by atoms with Crippen LogP contribution in [0.15, 0.2) is 36.8 Å². The summed E-state index contributed by atoms with van der Waals surface area (Å²) in [5, 5.41) is 13.2. The van der Waals surface area contributed by atoms with Crippen LogP contribution < -0.4 is 5.73 Å². The van der Waals surface area contributed by atoms with E-state index in [0.29, 0.717) is 27.1 Å². The minimum atomic E-state index is -0.944. The largest absolute Gasteiger partial charge is 0.387 e. The molecule has 1 saturated heterocycles. The molecule has 32 heavy (non-hydrogen) atoms. The Morgan fingerprint density at radius 2 is 2.00 bits per heavy atom. The van der Waals surface area contributed by atoms with E-state index in [-0.39, 0.29) is 18.1 Å². The quantitative estimate of drug-likeness (QED) is 0.565. The molecule has 1 unspecified atom stereocenters. The highest BCUT2D eigenvalue weighted by Gasteiger charge is 2.71. The van der Waals surface area contributed by atoms with Crippen molar-refractivity contribution in [2.45, 2.75) is 44.0 Å². The minimum absolute atomic E-state index is 0.229. The molecule has 6 rings (SSSR count). The fourth-order valence-electron chi connectivity index (χ4n) is 5.44. The topological polar surface area (TPSA) is 95.4 Å². The van der Waals surface area contributed by atoms with Crippen LogP contribution in [0.25, 0.3) is 11.0 Å². The lowest BCUT2D eigenvalue weighted by Crippen LogP contribution is -2.47. The van der Waals surface area contributed by atoms with Crippen LogP contribution in [-0.4, -0.2) is 37.6 Å². The van der Waals surface area contributed by atoms with E-state index in [9.17, 15) is 5.11 Å². The van der Waals surface area contributed by atoms with Gasteiger partial charge in [-0.3, -0.25) is 0 Å². The molecule has 0 amide bonds. The predicted molar refractivity (Wildman–Crippen MR) is 120 cm³/mol. The fraction of sp³-hybridized carbons (Fsp3) is 0.391. The normalized spacial score (nSPS) is 32.7. The van der Waals surface area contributed by atoms with Crippen molar-refractivity contribution < 1.29 is 14.6 Å². The van der Waals surface area contributed by atoms with Gasteiger partial charge in [-0.1, -0.05) is 41.1 Å². The number of aliphatic hydroxyl groups is 1. The summed E-state index contributed by atoms with van der Waals surface area (Å²) in [5.41, 5.74) is 6.52. The Bertz CT molecular complexity index is 1330. The van der Waals surface area contributed by atoms with E-state index in [1.54, 1.807) is 18.2 Å². The smallest absolute Gasteiger partial charge is 0.163 e. The van der Waals surface area contributed by atoms with Gasteiger partial charge < -0.3 is 24.9 Å². The minimum Gasteiger partial charge on any atom is -0.387 e.